The van der Waals surface area contributed by atoms with Gasteiger partial charge in [-0.05, 0) is 73.2 Å². The number of amides is 2. The minimum absolute atomic E-state index is 0.0753. The largest absolute Gasteiger partial charge is 0.309 e. The molecule has 4 aromatic carbocycles. The minimum Gasteiger partial charge on any atom is -0.309 e. The topological polar surface area (TPSA) is 40.6 Å². The fourth-order valence-corrected chi connectivity index (χ4v) is 9.13. The molecule has 0 aliphatic carbocycles. The molecule has 54 heavy (non-hydrogen) atoms. The van der Waals surface area contributed by atoms with Crippen LogP contribution in [0.25, 0.3) is 10.8 Å². The molecule has 2 aliphatic heterocycles. The summed E-state index contributed by atoms with van der Waals surface area (Å²) >= 11 is 6.64. The van der Waals surface area contributed by atoms with Crippen LogP contribution in [0.2, 0.25) is 5.02 Å². The third kappa shape index (κ3) is 9.59. The van der Waals surface area contributed by atoms with Gasteiger partial charge >= 0.3 is 0 Å². The zero-order valence-electron chi connectivity index (χ0n) is 33.2. The van der Waals surface area contributed by atoms with Crippen molar-refractivity contribution in [1.29, 1.82) is 0 Å². The van der Waals surface area contributed by atoms with Gasteiger partial charge in [-0.2, -0.15) is 0 Å². The van der Waals surface area contributed by atoms with Crippen LogP contribution < -0.4 is 4.90 Å². The molecule has 0 bridgehead atoms. The SMILES string of the molecule is CCCCCCCCCCCC(CCCCCCCCCCC)N1C(=O)c2cccc3c(N4c5ccccc5CCc5ccc(Cl)cc54)ccc(c23)C1=O. The fraction of sp³-hybridized carbons (Fsp3) is 0.510. The molecule has 0 aromatic heterocycles. The molecule has 4 nitrogen and oxygen atoms in total. The summed E-state index contributed by atoms with van der Waals surface area (Å²) in [5.74, 6) is -0.265. The molecule has 0 atom stereocenters. The predicted molar refractivity (Wildman–Crippen MR) is 229 cm³/mol. The fourth-order valence-electron chi connectivity index (χ4n) is 8.97. The van der Waals surface area contributed by atoms with Gasteiger partial charge in [-0.3, -0.25) is 14.5 Å². The molecule has 2 aliphatic rings. The number of carbonyl (C=O) groups excluding carboxylic acids is 2. The van der Waals surface area contributed by atoms with Gasteiger partial charge in [0.1, 0.15) is 0 Å². The van der Waals surface area contributed by atoms with Gasteiger partial charge in [-0.15, -0.1) is 0 Å². The van der Waals surface area contributed by atoms with Crippen LogP contribution in [-0.4, -0.2) is 22.8 Å². The lowest BCUT2D eigenvalue weighted by Gasteiger charge is -2.35. The van der Waals surface area contributed by atoms with E-state index < -0.39 is 0 Å². The van der Waals surface area contributed by atoms with Crippen molar-refractivity contribution >= 4 is 51.2 Å². The standard InChI is InChI=1S/C49H63ClN2O2/c1-3-5-7-9-11-13-15-17-19-25-40(26-20-18-16-14-12-10-8-6-4-2)51-48(53)42-28-23-27-41-45(35-34-43(47(41)42)49(51)54)52-44-29-22-21-24-37(44)30-31-38-32-33-39(50)36-46(38)52/h21-24,27-29,32-36,40H,3-20,25-26,30-31H2,1-2H3. The Morgan fingerprint density at radius 1 is 0.537 bits per heavy atom. The molecule has 0 N–H and O–H groups in total. The van der Waals surface area contributed by atoms with Crippen LogP contribution in [0.15, 0.2) is 72.8 Å². The first-order chi connectivity index (χ1) is 26.5. The summed E-state index contributed by atoms with van der Waals surface area (Å²) in [6.07, 6.45) is 26.3. The third-order valence-electron chi connectivity index (χ3n) is 12.0. The van der Waals surface area contributed by atoms with E-state index in [9.17, 15) is 9.59 Å². The third-order valence-corrected chi connectivity index (χ3v) is 12.2. The normalized spacial score (nSPS) is 13.9. The van der Waals surface area contributed by atoms with Gasteiger partial charge in [0.25, 0.3) is 11.8 Å². The molecule has 0 saturated heterocycles. The monoisotopic (exact) mass is 746 g/mol. The molecule has 0 saturated carbocycles. The molecular weight excluding hydrogens is 684 g/mol. The van der Waals surface area contributed by atoms with Crippen molar-refractivity contribution in [3.05, 3.63) is 100 Å². The molecule has 2 amide bonds. The van der Waals surface area contributed by atoms with Gasteiger partial charge in [0.2, 0.25) is 0 Å². The van der Waals surface area contributed by atoms with Crippen LogP contribution in [0.1, 0.15) is 174 Å². The maximum Gasteiger partial charge on any atom is 0.261 e. The number of unbranched alkanes of at least 4 members (excludes halogenated alkanes) is 16. The van der Waals surface area contributed by atoms with Crippen LogP contribution in [0.4, 0.5) is 17.1 Å². The van der Waals surface area contributed by atoms with Crippen molar-refractivity contribution in [1.82, 2.24) is 4.90 Å². The van der Waals surface area contributed by atoms with Gasteiger partial charge in [-0.25, -0.2) is 0 Å². The molecule has 0 spiro atoms. The van der Waals surface area contributed by atoms with Gasteiger partial charge in [0, 0.05) is 38.7 Å². The number of anilines is 3. The molecule has 0 radical (unpaired) electrons. The summed E-state index contributed by atoms with van der Waals surface area (Å²) in [6, 6.07) is 24.7. The quantitative estimate of drug-likeness (QED) is 0.0594. The van der Waals surface area contributed by atoms with Crippen molar-refractivity contribution in [3.63, 3.8) is 0 Å². The van der Waals surface area contributed by atoms with E-state index in [2.05, 4.69) is 67.3 Å². The zero-order valence-corrected chi connectivity index (χ0v) is 33.9. The summed E-state index contributed by atoms with van der Waals surface area (Å²) in [7, 11) is 0. The Balaban J connectivity index is 1.24. The molecule has 6 rings (SSSR count). The molecule has 288 valence electrons. The minimum atomic E-state index is -0.133. The highest BCUT2D eigenvalue weighted by atomic mass is 35.5. The second-order valence-corrected chi connectivity index (χ2v) is 16.4. The smallest absolute Gasteiger partial charge is 0.261 e. The number of nitrogens with zero attached hydrogens (tertiary/aromatic N) is 2. The van der Waals surface area contributed by atoms with E-state index in [4.69, 9.17) is 11.6 Å². The van der Waals surface area contributed by atoms with E-state index in [0.717, 1.165) is 79.2 Å². The van der Waals surface area contributed by atoms with E-state index >= 15 is 0 Å². The number of hydrogen-bond acceptors (Lipinski definition) is 3. The van der Waals surface area contributed by atoms with E-state index in [1.165, 1.54) is 101 Å². The number of benzene rings is 4. The van der Waals surface area contributed by atoms with E-state index in [1.54, 1.807) is 4.90 Å². The number of hydrogen-bond donors (Lipinski definition) is 0. The van der Waals surface area contributed by atoms with Gasteiger partial charge in [-0.1, -0.05) is 177 Å². The molecule has 0 fully saturated rings. The lowest BCUT2D eigenvalue weighted by atomic mass is 9.89. The van der Waals surface area contributed by atoms with Crippen molar-refractivity contribution in [2.24, 2.45) is 0 Å². The Morgan fingerprint density at radius 3 is 1.69 bits per heavy atom. The van der Waals surface area contributed by atoms with E-state index in [0.29, 0.717) is 16.1 Å². The maximum absolute atomic E-state index is 14.6. The van der Waals surface area contributed by atoms with Crippen LogP contribution in [0.5, 0.6) is 0 Å². The first kappa shape index (κ1) is 40.0. The summed E-state index contributed by atoms with van der Waals surface area (Å²) < 4.78 is 0. The van der Waals surface area contributed by atoms with Gasteiger partial charge in [0.05, 0.1) is 11.4 Å². The number of carbonyl (C=O) groups is 2. The first-order valence-corrected chi connectivity index (χ1v) is 22.0. The highest BCUT2D eigenvalue weighted by Crippen LogP contribution is 2.47. The van der Waals surface area contributed by atoms with Crippen LogP contribution in [-0.2, 0) is 12.8 Å². The number of rotatable bonds is 22. The van der Waals surface area contributed by atoms with Crippen molar-refractivity contribution < 1.29 is 9.59 Å². The molecule has 5 heteroatoms. The number of aryl methyl sites for hydroxylation is 2. The Morgan fingerprint density at radius 2 is 1.07 bits per heavy atom. The molecule has 2 heterocycles. The summed E-state index contributed by atoms with van der Waals surface area (Å²) in [6.45, 7) is 4.54. The van der Waals surface area contributed by atoms with Crippen molar-refractivity contribution in [2.45, 2.75) is 161 Å². The molecular formula is C49H63ClN2O2. The number of para-hydroxylation sites is 1. The second kappa shape index (κ2) is 20.3. The summed E-state index contributed by atoms with van der Waals surface area (Å²) in [5.41, 5.74) is 6.89. The summed E-state index contributed by atoms with van der Waals surface area (Å²) in [5, 5.41) is 2.38. The lowest BCUT2D eigenvalue weighted by Crippen LogP contribution is -2.47. The van der Waals surface area contributed by atoms with Crippen LogP contribution >= 0.6 is 11.6 Å². The van der Waals surface area contributed by atoms with E-state index in [1.807, 2.05) is 24.3 Å². The Labute approximate surface area is 330 Å². The van der Waals surface area contributed by atoms with Crippen LogP contribution in [0, 0.1) is 0 Å². The van der Waals surface area contributed by atoms with Gasteiger partial charge in [0.15, 0.2) is 0 Å². The van der Waals surface area contributed by atoms with Crippen LogP contribution in [0.3, 0.4) is 0 Å². The Kier molecular flexibility index (Phi) is 15.1. The Hall–Kier alpha value is -3.63. The maximum atomic E-state index is 14.6. The van der Waals surface area contributed by atoms with Crippen molar-refractivity contribution in [3.8, 4) is 0 Å². The van der Waals surface area contributed by atoms with Gasteiger partial charge < -0.3 is 4.90 Å². The highest BCUT2D eigenvalue weighted by molar-refractivity contribution is 6.31. The lowest BCUT2D eigenvalue weighted by molar-refractivity contribution is 0.0517. The average molecular weight is 748 g/mol. The first-order valence-electron chi connectivity index (χ1n) is 21.6. The summed E-state index contributed by atoms with van der Waals surface area (Å²) in [4.78, 5) is 33.2. The number of halogens is 1. The zero-order chi connectivity index (χ0) is 37.7. The highest BCUT2D eigenvalue weighted by Gasteiger charge is 2.38. The van der Waals surface area contributed by atoms with Crippen molar-refractivity contribution in [2.75, 3.05) is 4.90 Å². The second-order valence-electron chi connectivity index (χ2n) is 16.0. The van der Waals surface area contributed by atoms with E-state index in [-0.39, 0.29) is 17.9 Å². The Bertz CT molecular complexity index is 1800. The molecule has 4 aromatic rings. The number of imide groups is 1. The molecule has 0 unspecified atom stereocenters. The predicted octanol–water partition coefficient (Wildman–Crippen LogP) is 14.9. The number of fused-ring (bicyclic) bond motifs is 2. The average Bonchev–Trinajstić information content (AvgIpc) is 3.34.